The second kappa shape index (κ2) is 5.83. The average Bonchev–Trinajstić information content (AvgIpc) is 3.02. The Labute approximate surface area is 133 Å². The molecule has 0 amide bonds. The third-order valence-electron chi connectivity index (χ3n) is 4.25. The molecule has 2 aromatic heterocycles. The van der Waals surface area contributed by atoms with Crippen molar-refractivity contribution >= 4 is 11.8 Å². The first-order valence-corrected chi connectivity index (χ1v) is 7.51. The fraction of sp³-hybridized carbons (Fsp3) is 0.375. The molecule has 0 bridgehead atoms. The molecule has 0 saturated carbocycles. The molecule has 0 aromatic carbocycles. The van der Waals surface area contributed by atoms with Crippen LogP contribution in [0.4, 0.5) is 5.82 Å². The van der Waals surface area contributed by atoms with Crippen molar-refractivity contribution in [3.63, 3.8) is 0 Å². The van der Waals surface area contributed by atoms with Gasteiger partial charge in [0.2, 0.25) is 0 Å². The zero-order chi connectivity index (χ0) is 16.6. The Hall–Kier alpha value is -2.70. The van der Waals surface area contributed by atoms with Gasteiger partial charge in [-0.25, -0.2) is 14.8 Å². The van der Waals surface area contributed by atoms with Crippen molar-refractivity contribution in [2.45, 2.75) is 32.7 Å². The maximum Gasteiger partial charge on any atom is 0.326 e. The van der Waals surface area contributed by atoms with E-state index in [1.807, 2.05) is 0 Å². The molecule has 1 atom stereocenters. The fourth-order valence-corrected chi connectivity index (χ4v) is 2.78. The van der Waals surface area contributed by atoms with Crippen LogP contribution in [-0.2, 0) is 4.79 Å². The largest absolute Gasteiger partial charge is 0.480 e. The summed E-state index contributed by atoms with van der Waals surface area (Å²) in [6.45, 7) is 4.20. The molecule has 2 N–H and O–H groups in total. The van der Waals surface area contributed by atoms with Crippen molar-refractivity contribution in [2.24, 2.45) is 0 Å². The lowest BCUT2D eigenvalue weighted by Gasteiger charge is -2.22. The molecule has 3 rings (SSSR count). The van der Waals surface area contributed by atoms with Gasteiger partial charge in [-0.3, -0.25) is 4.79 Å². The summed E-state index contributed by atoms with van der Waals surface area (Å²) in [6.07, 6.45) is 3.08. The van der Waals surface area contributed by atoms with E-state index in [1.54, 1.807) is 37.1 Å². The number of aryl methyl sites for hydroxylation is 1. The van der Waals surface area contributed by atoms with E-state index < -0.39 is 12.0 Å². The lowest BCUT2D eigenvalue weighted by molar-refractivity contribution is -0.138. The van der Waals surface area contributed by atoms with Crippen molar-refractivity contribution in [3.05, 3.63) is 39.9 Å². The van der Waals surface area contributed by atoms with Crippen molar-refractivity contribution in [3.8, 4) is 11.4 Å². The minimum Gasteiger partial charge on any atom is -0.480 e. The smallest absolute Gasteiger partial charge is 0.326 e. The number of carbonyl (C=O) groups is 1. The molecule has 1 aliphatic heterocycles. The van der Waals surface area contributed by atoms with E-state index in [2.05, 4.69) is 15.0 Å². The van der Waals surface area contributed by atoms with E-state index in [-0.39, 0.29) is 5.56 Å². The highest BCUT2D eigenvalue weighted by atomic mass is 16.4. The standard InChI is InChI=1S/C16H18N4O3/c1-9-10(2)18-14(19-15(9)21)11-5-6-13(17-8-11)20-7-3-4-12(20)16(22)23/h5-6,8,12H,3-4,7H2,1-2H3,(H,22,23)(H,18,19,21). The molecular formula is C16H18N4O3. The topological polar surface area (TPSA) is 99.2 Å². The van der Waals surface area contributed by atoms with Crippen LogP contribution in [0.25, 0.3) is 11.4 Å². The Morgan fingerprint density at radius 1 is 1.39 bits per heavy atom. The van der Waals surface area contributed by atoms with Gasteiger partial charge >= 0.3 is 5.97 Å². The molecule has 0 spiro atoms. The number of nitrogens with one attached hydrogen (secondary N) is 1. The molecule has 23 heavy (non-hydrogen) atoms. The first-order chi connectivity index (χ1) is 11.0. The summed E-state index contributed by atoms with van der Waals surface area (Å²) in [5.41, 5.74) is 1.81. The minimum atomic E-state index is -0.825. The third-order valence-corrected chi connectivity index (χ3v) is 4.25. The van der Waals surface area contributed by atoms with Crippen LogP contribution in [0, 0.1) is 13.8 Å². The molecule has 7 nitrogen and oxygen atoms in total. The van der Waals surface area contributed by atoms with E-state index in [9.17, 15) is 14.7 Å². The summed E-state index contributed by atoms with van der Waals surface area (Å²) >= 11 is 0. The number of anilines is 1. The molecule has 1 saturated heterocycles. The summed E-state index contributed by atoms with van der Waals surface area (Å²) in [5, 5.41) is 9.25. The Morgan fingerprint density at radius 2 is 2.17 bits per heavy atom. The number of hydrogen-bond acceptors (Lipinski definition) is 5. The average molecular weight is 314 g/mol. The van der Waals surface area contributed by atoms with E-state index >= 15 is 0 Å². The maximum atomic E-state index is 11.8. The van der Waals surface area contributed by atoms with Crippen LogP contribution in [0.2, 0.25) is 0 Å². The Kier molecular flexibility index (Phi) is 3.85. The number of hydrogen-bond donors (Lipinski definition) is 2. The zero-order valence-electron chi connectivity index (χ0n) is 13.0. The molecule has 7 heteroatoms. The molecule has 1 unspecified atom stereocenters. The van der Waals surface area contributed by atoms with Crippen LogP contribution < -0.4 is 10.5 Å². The lowest BCUT2D eigenvalue weighted by atomic mass is 10.2. The number of aliphatic carboxylic acids is 1. The first-order valence-electron chi connectivity index (χ1n) is 7.51. The van der Waals surface area contributed by atoms with Crippen LogP contribution >= 0.6 is 0 Å². The van der Waals surface area contributed by atoms with Crippen molar-refractivity contribution in [2.75, 3.05) is 11.4 Å². The predicted octanol–water partition coefficient (Wildman–Crippen LogP) is 1.50. The van der Waals surface area contributed by atoms with Gasteiger partial charge in [0.05, 0.1) is 0 Å². The van der Waals surface area contributed by atoms with Gasteiger partial charge in [0, 0.05) is 29.6 Å². The van der Waals surface area contributed by atoms with E-state index in [4.69, 9.17) is 0 Å². The van der Waals surface area contributed by atoms with Crippen LogP contribution in [0.15, 0.2) is 23.1 Å². The number of carboxylic acid groups (broad SMARTS) is 1. The fourth-order valence-electron chi connectivity index (χ4n) is 2.78. The van der Waals surface area contributed by atoms with Crippen molar-refractivity contribution < 1.29 is 9.90 Å². The molecule has 0 aliphatic carbocycles. The number of pyridine rings is 1. The van der Waals surface area contributed by atoms with Gasteiger partial charge in [0.15, 0.2) is 0 Å². The van der Waals surface area contributed by atoms with Gasteiger partial charge in [0.25, 0.3) is 5.56 Å². The van der Waals surface area contributed by atoms with E-state index in [0.717, 1.165) is 6.42 Å². The quantitative estimate of drug-likeness (QED) is 0.890. The molecule has 1 fully saturated rings. The predicted molar refractivity (Wildman–Crippen MR) is 85.6 cm³/mol. The summed E-state index contributed by atoms with van der Waals surface area (Å²) in [6, 6.07) is 3.05. The van der Waals surface area contributed by atoms with E-state index in [0.29, 0.717) is 41.4 Å². The molecule has 2 aromatic rings. The SMILES string of the molecule is Cc1nc(-c2ccc(N3CCCC3C(=O)O)nc2)[nH]c(=O)c1C. The van der Waals surface area contributed by atoms with Crippen LogP contribution in [0.3, 0.4) is 0 Å². The van der Waals surface area contributed by atoms with Crippen LogP contribution in [-0.4, -0.2) is 38.6 Å². The molecule has 3 heterocycles. The number of carboxylic acids is 1. The summed E-state index contributed by atoms with van der Waals surface area (Å²) in [5.74, 6) is 0.270. The lowest BCUT2D eigenvalue weighted by Crippen LogP contribution is -2.36. The number of aromatic nitrogens is 3. The van der Waals surface area contributed by atoms with Crippen LogP contribution in [0.5, 0.6) is 0 Å². The van der Waals surface area contributed by atoms with Crippen LogP contribution in [0.1, 0.15) is 24.1 Å². The molecule has 1 aliphatic rings. The Morgan fingerprint density at radius 3 is 2.78 bits per heavy atom. The molecule has 120 valence electrons. The van der Waals surface area contributed by atoms with Gasteiger partial charge in [-0.15, -0.1) is 0 Å². The van der Waals surface area contributed by atoms with E-state index in [1.165, 1.54) is 0 Å². The number of rotatable bonds is 3. The third kappa shape index (κ3) is 2.81. The Bertz CT molecular complexity index is 798. The highest BCUT2D eigenvalue weighted by molar-refractivity contribution is 5.78. The highest BCUT2D eigenvalue weighted by Gasteiger charge is 2.31. The molecular weight excluding hydrogens is 296 g/mol. The summed E-state index contributed by atoms with van der Waals surface area (Å²) in [4.78, 5) is 36.4. The van der Waals surface area contributed by atoms with Gasteiger partial charge < -0.3 is 15.0 Å². The minimum absolute atomic E-state index is 0.165. The summed E-state index contributed by atoms with van der Waals surface area (Å²) < 4.78 is 0. The van der Waals surface area contributed by atoms with Gasteiger partial charge in [-0.1, -0.05) is 0 Å². The normalized spacial score (nSPS) is 17.5. The number of H-pyrrole nitrogens is 1. The van der Waals surface area contributed by atoms with Gasteiger partial charge in [0.1, 0.15) is 17.7 Å². The summed E-state index contributed by atoms with van der Waals surface area (Å²) in [7, 11) is 0. The number of nitrogens with zero attached hydrogens (tertiary/aromatic N) is 3. The zero-order valence-corrected chi connectivity index (χ0v) is 13.0. The number of aromatic amines is 1. The van der Waals surface area contributed by atoms with Crippen molar-refractivity contribution in [1.29, 1.82) is 0 Å². The molecule has 0 radical (unpaired) electrons. The Balaban J connectivity index is 1.91. The van der Waals surface area contributed by atoms with Crippen molar-refractivity contribution in [1.82, 2.24) is 15.0 Å². The first kappa shape index (κ1) is 15.2. The second-order valence-corrected chi connectivity index (χ2v) is 5.72. The second-order valence-electron chi connectivity index (χ2n) is 5.72. The highest BCUT2D eigenvalue weighted by Crippen LogP contribution is 2.25. The monoisotopic (exact) mass is 314 g/mol. The van der Waals surface area contributed by atoms with Gasteiger partial charge in [-0.05, 0) is 38.8 Å². The van der Waals surface area contributed by atoms with Gasteiger partial charge in [-0.2, -0.15) is 0 Å². The maximum absolute atomic E-state index is 11.8.